The summed E-state index contributed by atoms with van der Waals surface area (Å²) in [5, 5.41) is 2.04. The van der Waals surface area contributed by atoms with Crippen molar-refractivity contribution in [3.8, 4) is 17.2 Å². The Morgan fingerprint density at radius 3 is 2.14 bits per heavy atom. The summed E-state index contributed by atoms with van der Waals surface area (Å²) in [5.74, 6) is 0.130. The topological polar surface area (TPSA) is 86.3 Å². The maximum Gasteiger partial charge on any atom is 0.416 e. The number of methoxy groups -OCH3 is 4. The van der Waals surface area contributed by atoms with Gasteiger partial charge in [-0.25, -0.2) is 0 Å². The molecule has 0 aliphatic carbocycles. The third-order valence-electron chi connectivity index (χ3n) is 5.58. The van der Waals surface area contributed by atoms with Crippen molar-refractivity contribution in [1.82, 2.24) is 10.2 Å². The van der Waals surface area contributed by atoms with Crippen LogP contribution in [-0.4, -0.2) is 70.1 Å². The first-order valence-corrected chi connectivity index (χ1v) is 11.9. The summed E-state index contributed by atoms with van der Waals surface area (Å²) in [4.78, 5) is 28.2. The van der Waals surface area contributed by atoms with Crippen molar-refractivity contribution >= 4 is 23.6 Å². The van der Waals surface area contributed by atoms with Crippen LogP contribution in [0.1, 0.15) is 26.9 Å². The maximum absolute atomic E-state index is 13.8. The summed E-state index contributed by atoms with van der Waals surface area (Å²) in [7, 11) is 5.75. The lowest BCUT2D eigenvalue weighted by atomic mass is 10.1. The molecule has 1 N–H and O–H groups in total. The molecular formula is C24H27F3N2O6S. The highest BCUT2D eigenvalue weighted by Gasteiger charge is 2.43. The molecule has 2 unspecified atom stereocenters. The molecule has 12 heteroatoms. The highest BCUT2D eigenvalue weighted by molar-refractivity contribution is 7.99. The van der Waals surface area contributed by atoms with Gasteiger partial charge in [0.05, 0.1) is 33.5 Å². The van der Waals surface area contributed by atoms with Gasteiger partial charge in [-0.3, -0.25) is 9.59 Å². The van der Waals surface area contributed by atoms with Gasteiger partial charge in [0.1, 0.15) is 11.4 Å². The number of benzene rings is 2. The van der Waals surface area contributed by atoms with Crippen molar-refractivity contribution in [2.24, 2.45) is 0 Å². The van der Waals surface area contributed by atoms with Crippen LogP contribution < -0.4 is 19.5 Å². The zero-order chi connectivity index (χ0) is 26.5. The number of alkyl halides is 3. The minimum atomic E-state index is -4.49. The van der Waals surface area contributed by atoms with Gasteiger partial charge in [0, 0.05) is 25.0 Å². The first-order valence-electron chi connectivity index (χ1n) is 10.8. The van der Waals surface area contributed by atoms with E-state index in [1.54, 1.807) is 0 Å². The van der Waals surface area contributed by atoms with E-state index >= 15 is 0 Å². The second kappa shape index (κ2) is 11.7. The predicted octanol–water partition coefficient (Wildman–Crippen LogP) is 3.75. The average Bonchev–Trinajstić information content (AvgIpc) is 3.32. The molecular weight excluding hydrogens is 501 g/mol. The molecule has 1 saturated heterocycles. The molecule has 0 spiro atoms. The van der Waals surface area contributed by atoms with Crippen molar-refractivity contribution in [2.75, 3.05) is 47.3 Å². The molecule has 2 atom stereocenters. The van der Waals surface area contributed by atoms with Crippen LogP contribution in [0.3, 0.4) is 0 Å². The number of thioether (sulfide) groups is 1. The quantitative estimate of drug-likeness (QED) is 0.496. The normalized spacial score (nSPS) is 17.6. The monoisotopic (exact) mass is 528 g/mol. The van der Waals surface area contributed by atoms with Crippen molar-refractivity contribution in [2.45, 2.75) is 17.6 Å². The number of nitrogens with one attached hydrogen (secondary N) is 1. The molecule has 8 nitrogen and oxygen atoms in total. The highest BCUT2D eigenvalue weighted by Crippen LogP contribution is 2.45. The summed E-state index contributed by atoms with van der Waals surface area (Å²) in [6, 6.07) is 6.63. The summed E-state index contributed by atoms with van der Waals surface area (Å²) < 4.78 is 60.2. The van der Waals surface area contributed by atoms with E-state index in [-0.39, 0.29) is 36.0 Å². The fourth-order valence-electron chi connectivity index (χ4n) is 3.80. The Balaban J connectivity index is 2.02. The second-order valence-electron chi connectivity index (χ2n) is 7.73. The van der Waals surface area contributed by atoms with Gasteiger partial charge in [-0.1, -0.05) is 12.1 Å². The Bertz CT molecular complexity index is 1060. The average molecular weight is 529 g/mol. The van der Waals surface area contributed by atoms with Crippen LogP contribution in [0, 0.1) is 0 Å². The van der Waals surface area contributed by atoms with E-state index in [9.17, 15) is 22.8 Å². The molecule has 1 fully saturated rings. The summed E-state index contributed by atoms with van der Waals surface area (Å²) in [6.07, 6.45) is -4.49. The minimum absolute atomic E-state index is 0.165. The van der Waals surface area contributed by atoms with E-state index in [1.807, 2.05) is 0 Å². The first kappa shape index (κ1) is 27.5. The van der Waals surface area contributed by atoms with Crippen LogP contribution >= 0.6 is 11.8 Å². The number of rotatable bonds is 9. The molecule has 196 valence electrons. The SMILES string of the molecule is COCCNC(=O)C1CSC(c2ccc(C(F)(F)F)cc2)N1C(=O)c1cc(OC)c(OC)c(OC)c1. The molecule has 36 heavy (non-hydrogen) atoms. The van der Waals surface area contributed by atoms with Gasteiger partial charge in [0.15, 0.2) is 11.5 Å². The lowest BCUT2D eigenvalue weighted by Crippen LogP contribution is -2.48. The van der Waals surface area contributed by atoms with Crippen molar-refractivity contribution in [1.29, 1.82) is 0 Å². The van der Waals surface area contributed by atoms with E-state index in [2.05, 4.69) is 5.32 Å². The Kier molecular flexibility index (Phi) is 8.96. The Hall–Kier alpha value is -3.12. The van der Waals surface area contributed by atoms with Gasteiger partial charge in [-0.2, -0.15) is 13.2 Å². The summed E-state index contributed by atoms with van der Waals surface area (Å²) in [6.45, 7) is 0.530. The zero-order valence-corrected chi connectivity index (χ0v) is 21.0. The van der Waals surface area contributed by atoms with Crippen molar-refractivity contribution < 1.29 is 41.7 Å². The Labute approximate surface area is 211 Å². The molecule has 0 saturated carbocycles. The van der Waals surface area contributed by atoms with Gasteiger partial charge in [-0.05, 0) is 29.8 Å². The van der Waals surface area contributed by atoms with Gasteiger partial charge in [-0.15, -0.1) is 11.8 Å². The highest BCUT2D eigenvalue weighted by atomic mass is 32.2. The molecule has 1 aliphatic heterocycles. The van der Waals surface area contributed by atoms with Crippen LogP contribution in [0.15, 0.2) is 36.4 Å². The number of halogens is 3. The Morgan fingerprint density at radius 1 is 1.03 bits per heavy atom. The third-order valence-corrected chi connectivity index (χ3v) is 6.90. The minimum Gasteiger partial charge on any atom is -0.493 e. The maximum atomic E-state index is 13.8. The fourth-order valence-corrected chi connectivity index (χ4v) is 5.23. The van der Waals surface area contributed by atoms with Crippen molar-refractivity contribution in [3.63, 3.8) is 0 Å². The molecule has 2 amide bonds. The molecule has 0 radical (unpaired) electrons. The molecule has 1 aliphatic rings. The third kappa shape index (κ3) is 5.81. The summed E-state index contributed by atoms with van der Waals surface area (Å²) >= 11 is 1.29. The second-order valence-corrected chi connectivity index (χ2v) is 8.84. The molecule has 0 aromatic heterocycles. The number of carbonyl (C=O) groups is 2. The van der Waals surface area contributed by atoms with Gasteiger partial charge in [0.2, 0.25) is 11.7 Å². The van der Waals surface area contributed by atoms with Crippen molar-refractivity contribution in [3.05, 3.63) is 53.1 Å². The van der Waals surface area contributed by atoms with E-state index in [0.29, 0.717) is 11.3 Å². The first-order chi connectivity index (χ1) is 17.2. The number of ether oxygens (including phenoxy) is 4. The van der Waals surface area contributed by atoms with E-state index < -0.39 is 35.0 Å². The predicted molar refractivity (Wildman–Crippen MR) is 128 cm³/mol. The smallest absolute Gasteiger partial charge is 0.416 e. The number of carbonyl (C=O) groups excluding carboxylic acids is 2. The van der Waals surface area contributed by atoms with Crippen LogP contribution in [0.5, 0.6) is 17.2 Å². The molecule has 2 aromatic rings. The van der Waals surface area contributed by atoms with Crippen LogP contribution in [0.4, 0.5) is 13.2 Å². The standard InChI is InChI=1S/C24H27F3N2O6S/c1-32-10-9-28-21(30)17-13-36-23(14-5-7-16(8-6-14)24(25,26)27)29(17)22(31)15-11-18(33-2)20(35-4)19(12-15)34-3/h5-8,11-12,17,23H,9-10,13H2,1-4H3,(H,28,30). The lowest BCUT2D eigenvalue weighted by Gasteiger charge is -2.29. The molecule has 1 heterocycles. The lowest BCUT2D eigenvalue weighted by molar-refractivity contribution is -0.137. The van der Waals surface area contributed by atoms with Crippen LogP contribution in [0.25, 0.3) is 0 Å². The van der Waals surface area contributed by atoms with Crippen LogP contribution in [-0.2, 0) is 15.7 Å². The number of hydrogen-bond acceptors (Lipinski definition) is 7. The number of amides is 2. The van der Waals surface area contributed by atoms with Gasteiger partial charge in [0.25, 0.3) is 5.91 Å². The Morgan fingerprint density at radius 2 is 1.64 bits per heavy atom. The fraction of sp³-hybridized carbons (Fsp3) is 0.417. The van der Waals surface area contributed by atoms with Gasteiger partial charge < -0.3 is 29.2 Å². The number of hydrogen-bond donors (Lipinski definition) is 1. The largest absolute Gasteiger partial charge is 0.493 e. The van der Waals surface area contributed by atoms with Gasteiger partial charge >= 0.3 is 6.18 Å². The molecule has 0 bridgehead atoms. The van der Waals surface area contributed by atoms with E-state index in [4.69, 9.17) is 18.9 Å². The van der Waals surface area contributed by atoms with E-state index in [1.165, 1.54) is 69.4 Å². The van der Waals surface area contributed by atoms with E-state index in [0.717, 1.165) is 12.1 Å². The number of nitrogens with zero attached hydrogens (tertiary/aromatic N) is 1. The zero-order valence-electron chi connectivity index (χ0n) is 20.2. The summed E-state index contributed by atoms with van der Waals surface area (Å²) in [5.41, 5.74) is -0.176. The molecule has 3 rings (SSSR count). The van der Waals surface area contributed by atoms with Crippen LogP contribution in [0.2, 0.25) is 0 Å². The molecule has 2 aromatic carbocycles.